The Bertz CT molecular complexity index is 2140. The molecule has 0 aliphatic carbocycles. The van der Waals surface area contributed by atoms with Crippen LogP contribution < -0.4 is 20.1 Å². The number of phenols is 1. The van der Waals surface area contributed by atoms with Crippen molar-refractivity contribution in [2.75, 3.05) is 24.8 Å². The second kappa shape index (κ2) is 12.5. The molecule has 0 radical (unpaired) electrons. The number of para-hydroxylation sites is 1. The third-order valence-electron chi connectivity index (χ3n) is 6.88. The van der Waals surface area contributed by atoms with E-state index >= 15 is 0 Å². The second-order valence-corrected chi connectivity index (χ2v) is 13.1. The number of methoxy groups -OCH3 is 1. The van der Waals surface area contributed by atoms with E-state index in [1.807, 2.05) is 30.3 Å². The SMILES string of the molecule is CNS(=O)(=O)c1ccc(/N=N/c2cc(OC)c(Nc3c(S(=O)(=O)O)cc4cc(Nc5ccccc5)ccc4c3O)cc2C)cc1. The number of phenolic OH excluding ortho intramolecular Hbond substituents is 1. The Hall–Kier alpha value is -5.02. The molecule has 5 rings (SSSR count). The number of anilines is 4. The van der Waals surface area contributed by atoms with Crippen LogP contribution in [0.25, 0.3) is 10.8 Å². The van der Waals surface area contributed by atoms with Gasteiger partial charge in [-0.05, 0) is 91.7 Å². The number of nitrogens with one attached hydrogen (secondary N) is 3. The second-order valence-electron chi connectivity index (χ2n) is 9.87. The summed E-state index contributed by atoms with van der Waals surface area (Å²) in [7, 11) is -5.65. The van der Waals surface area contributed by atoms with Gasteiger partial charge in [0.15, 0.2) is 0 Å². The Kier molecular flexibility index (Phi) is 8.75. The summed E-state index contributed by atoms with van der Waals surface area (Å²) in [5.74, 6) is -0.146. The molecule has 0 heterocycles. The van der Waals surface area contributed by atoms with E-state index in [1.165, 1.54) is 44.5 Å². The smallest absolute Gasteiger partial charge is 0.296 e. The molecule has 0 bridgehead atoms. The van der Waals surface area contributed by atoms with Crippen molar-refractivity contribution in [3.05, 3.63) is 96.6 Å². The van der Waals surface area contributed by atoms with Crippen LogP contribution >= 0.6 is 0 Å². The van der Waals surface area contributed by atoms with Crippen LogP contribution in [-0.2, 0) is 20.1 Å². The van der Waals surface area contributed by atoms with Gasteiger partial charge in [0.25, 0.3) is 10.1 Å². The fourth-order valence-electron chi connectivity index (χ4n) is 4.56. The fraction of sp³-hybridized carbons (Fsp3) is 0.0968. The highest BCUT2D eigenvalue weighted by Gasteiger charge is 2.23. The lowest BCUT2D eigenvalue weighted by Crippen LogP contribution is -2.18. The average molecular weight is 648 g/mol. The first kappa shape index (κ1) is 31.4. The van der Waals surface area contributed by atoms with Crippen LogP contribution in [0.15, 0.2) is 111 Å². The number of sulfonamides is 1. The van der Waals surface area contributed by atoms with E-state index in [0.717, 1.165) is 5.69 Å². The first-order valence-electron chi connectivity index (χ1n) is 13.4. The molecule has 5 N–H and O–H groups in total. The van der Waals surface area contributed by atoms with E-state index in [0.29, 0.717) is 33.4 Å². The predicted octanol–water partition coefficient (Wildman–Crippen LogP) is 6.92. The molecule has 5 aromatic rings. The highest BCUT2D eigenvalue weighted by Crippen LogP contribution is 2.43. The van der Waals surface area contributed by atoms with E-state index in [4.69, 9.17) is 4.74 Å². The summed E-state index contributed by atoms with van der Waals surface area (Å²) in [6.07, 6.45) is 0. The Labute approximate surface area is 260 Å². The Morgan fingerprint density at radius 1 is 0.800 bits per heavy atom. The van der Waals surface area contributed by atoms with Crippen LogP contribution in [0, 0.1) is 6.92 Å². The standard InChI is InChI=1S/C31H29N5O7S2/c1-19-15-27(28(43-3)18-26(19)36-35-22-9-12-24(13-10-22)44(38,39)32-2)34-30-29(45(40,41)42)17-20-16-23(11-14-25(20)31(30)37)33-21-7-5-4-6-8-21/h4-18,32-34,37H,1-3H3,(H,40,41,42)/b36-35+. The number of hydrogen-bond donors (Lipinski definition) is 5. The summed E-state index contributed by atoms with van der Waals surface area (Å²) in [6, 6.07) is 24.7. The van der Waals surface area contributed by atoms with Crippen molar-refractivity contribution in [3.63, 3.8) is 0 Å². The molecular weight excluding hydrogens is 619 g/mol. The van der Waals surface area contributed by atoms with E-state index < -0.39 is 30.8 Å². The fourth-order valence-corrected chi connectivity index (χ4v) is 5.97. The maximum Gasteiger partial charge on any atom is 0.296 e. The third-order valence-corrected chi connectivity index (χ3v) is 9.19. The molecular formula is C31H29N5O7S2. The topological polar surface area (TPSA) is 179 Å². The van der Waals surface area contributed by atoms with Gasteiger partial charge in [0.1, 0.15) is 22.1 Å². The lowest BCUT2D eigenvalue weighted by molar-refractivity contribution is 0.416. The van der Waals surface area contributed by atoms with Gasteiger partial charge in [-0.2, -0.15) is 18.6 Å². The molecule has 0 saturated heterocycles. The minimum atomic E-state index is -4.79. The van der Waals surface area contributed by atoms with Crippen molar-refractivity contribution < 1.29 is 31.2 Å². The van der Waals surface area contributed by atoms with Gasteiger partial charge in [-0.25, -0.2) is 13.1 Å². The molecule has 232 valence electrons. The van der Waals surface area contributed by atoms with Crippen LogP contribution in [0.1, 0.15) is 5.56 Å². The van der Waals surface area contributed by atoms with Crippen LogP contribution in [0.5, 0.6) is 11.5 Å². The summed E-state index contributed by atoms with van der Waals surface area (Å²) in [6.45, 7) is 1.74. The first-order valence-corrected chi connectivity index (χ1v) is 16.3. The van der Waals surface area contributed by atoms with Gasteiger partial charge < -0.3 is 20.5 Å². The zero-order chi connectivity index (χ0) is 32.4. The highest BCUT2D eigenvalue weighted by atomic mass is 32.2. The molecule has 0 unspecified atom stereocenters. The minimum absolute atomic E-state index is 0.0859. The van der Waals surface area contributed by atoms with Crippen molar-refractivity contribution in [2.24, 2.45) is 10.2 Å². The summed E-state index contributed by atoms with van der Waals surface area (Å²) < 4.78 is 66.8. The van der Waals surface area contributed by atoms with Crippen LogP contribution in [0.2, 0.25) is 0 Å². The van der Waals surface area contributed by atoms with Gasteiger partial charge in [0.05, 0.1) is 29.1 Å². The molecule has 0 spiro atoms. The van der Waals surface area contributed by atoms with Gasteiger partial charge in [0, 0.05) is 22.8 Å². The predicted molar refractivity (Wildman–Crippen MR) is 173 cm³/mol. The number of ether oxygens (including phenoxy) is 1. The number of rotatable bonds is 10. The van der Waals surface area contributed by atoms with Crippen LogP contribution in [-0.4, -0.2) is 40.7 Å². The van der Waals surface area contributed by atoms with Gasteiger partial charge in [-0.3, -0.25) is 4.55 Å². The molecule has 0 saturated carbocycles. The van der Waals surface area contributed by atoms with Gasteiger partial charge in [-0.1, -0.05) is 18.2 Å². The number of azo groups is 1. The number of hydrogen-bond acceptors (Lipinski definition) is 10. The molecule has 0 aliphatic rings. The summed E-state index contributed by atoms with van der Waals surface area (Å²) in [4.78, 5) is -0.445. The van der Waals surface area contributed by atoms with Crippen molar-refractivity contribution in [2.45, 2.75) is 16.7 Å². The van der Waals surface area contributed by atoms with Crippen molar-refractivity contribution in [1.82, 2.24) is 4.72 Å². The third kappa shape index (κ3) is 6.89. The maximum absolute atomic E-state index is 12.5. The minimum Gasteiger partial charge on any atom is -0.505 e. The highest BCUT2D eigenvalue weighted by molar-refractivity contribution is 7.89. The van der Waals surface area contributed by atoms with Crippen molar-refractivity contribution in [3.8, 4) is 11.5 Å². The average Bonchev–Trinajstić information content (AvgIpc) is 3.02. The number of aromatic hydroxyl groups is 1. The summed E-state index contributed by atoms with van der Waals surface area (Å²) in [5.41, 5.74) is 2.96. The normalized spacial score (nSPS) is 12.0. The van der Waals surface area contributed by atoms with Crippen molar-refractivity contribution in [1.29, 1.82) is 0 Å². The summed E-state index contributed by atoms with van der Waals surface area (Å²) in [5, 5.41) is 26.5. The number of benzene rings is 5. The van der Waals surface area contributed by atoms with Gasteiger partial charge in [-0.15, -0.1) is 0 Å². The quantitative estimate of drug-likeness (QED) is 0.0611. The molecule has 0 aliphatic heterocycles. The Balaban J connectivity index is 1.49. The van der Waals surface area contributed by atoms with Gasteiger partial charge >= 0.3 is 0 Å². The van der Waals surface area contributed by atoms with E-state index in [2.05, 4.69) is 25.6 Å². The summed E-state index contributed by atoms with van der Waals surface area (Å²) >= 11 is 0. The Morgan fingerprint density at radius 2 is 1.51 bits per heavy atom. The zero-order valence-electron chi connectivity index (χ0n) is 24.3. The van der Waals surface area contributed by atoms with E-state index in [9.17, 15) is 26.5 Å². The molecule has 12 nitrogen and oxygen atoms in total. The number of nitrogens with zero attached hydrogens (tertiary/aromatic N) is 2. The molecule has 0 fully saturated rings. The Morgan fingerprint density at radius 3 is 2.16 bits per heavy atom. The van der Waals surface area contributed by atoms with Crippen LogP contribution in [0.4, 0.5) is 34.1 Å². The molecule has 5 aromatic carbocycles. The lowest BCUT2D eigenvalue weighted by Gasteiger charge is -2.18. The molecule has 0 atom stereocenters. The zero-order valence-corrected chi connectivity index (χ0v) is 25.9. The van der Waals surface area contributed by atoms with Gasteiger partial charge in [0.2, 0.25) is 10.0 Å². The molecule has 0 amide bonds. The molecule has 0 aromatic heterocycles. The van der Waals surface area contributed by atoms with Crippen molar-refractivity contribution >= 4 is 65.0 Å². The molecule has 14 heteroatoms. The largest absolute Gasteiger partial charge is 0.505 e. The maximum atomic E-state index is 12.5. The van der Waals surface area contributed by atoms with E-state index in [-0.39, 0.29) is 22.0 Å². The monoisotopic (exact) mass is 647 g/mol. The lowest BCUT2D eigenvalue weighted by atomic mass is 10.1. The van der Waals surface area contributed by atoms with Crippen LogP contribution in [0.3, 0.4) is 0 Å². The molecule has 45 heavy (non-hydrogen) atoms. The number of aryl methyl sites for hydroxylation is 1. The number of fused-ring (bicyclic) bond motifs is 1. The van der Waals surface area contributed by atoms with E-state index in [1.54, 1.807) is 37.3 Å². The first-order chi connectivity index (χ1) is 21.4.